The molecule has 0 radical (unpaired) electrons. The van der Waals surface area contributed by atoms with Gasteiger partial charge in [-0.2, -0.15) is 0 Å². The molecule has 0 aromatic heterocycles. The van der Waals surface area contributed by atoms with Crippen molar-refractivity contribution in [2.45, 2.75) is 57.7 Å². The molecule has 1 N–H and O–H groups in total. The minimum Gasteiger partial charge on any atom is -0.493 e. The van der Waals surface area contributed by atoms with Gasteiger partial charge in [0.2, 0.25) is 5.91 Å². The summed E-state index contributed by atoms with van der Waals surface area (Å²) in [5.74, 6) is 1.62. The van der Waals surface area contributed by atoms with Gasteiger partial charge in [0.05, 0.1) is 32.4 Å². The van der Waals surface area contributed by atoms with E-state index in [4.69, 9.17) is 14.5 Å². The zero-order valence-electron chi connectivity index (χ0n) is 21.1. The lowest BCUT2D eigenvalue weighted by atomic mass is 9.83. The summed E-state index contributed by atoms with van der Waals surface area (Å²) in [6.45, 7) is 2.01. The van der Waals surface area contributed by atoms with Crippen LogP contribution in [0.25, 0.3) is 6.08 Å². The highest BCUT2D eigenvalue weighted by molar-refractivity contribution is 6.16. The molecular formula is C29H35FN2O3. The second-order valence-electron chi connectivity index (χ2n) is 9.58. The molecule has 186 valence electrons. The number of ether oxygens (including phenoxy) is 2. The number of hydrogen-bond acceptors (Lipinski definition) is 4. The Balaban J connectivity index is 1.72. The Bertz CT molecular complexity index is 1120. The van der Waals surface area contributed by atoms with Gasteiger partial charge in [-0.25, -0.2) is 4.39 Å². The highest BCUT2D eigenvalue weighted by Crippen LogP contribution is 2.36. The third-order valence-electron chi connectivity index (χ3n) is 7.13. The van der Waals surface area contributed by atoms with Crippen molar-refractivity contribution >= 4 is 17.7 Å². The van der Waals surface area contributed by atoms with Crippen LogP contribution in [0.1, 0.15) is 61.3 Å². The monoisotopic (exact) mass is 478 g/mol. The molecule has 2 aromatic carbocycles. The van der Waals surface area contributed by atoms with Crippen LogP contribution in [0.3, 0.4) is 0 Å². The third-order valence-corrected chi connectivity index (χ3v) is 7.13. The van der Waals surface area contributed by atoms with Crippen molar-refractivity contribution in [2.75, 3.05) is 21.3 Å². The van der Waals surface area contributed by atoms with Crippen molar-refractivity contribution in [1.29, 1.82) is 0 Å². The normalized spacial score (nSPS) is 21.8. The van der Waals surface area contributed by atoms with Gasteiger partial charge in [-0.1, -0.05) is 36.8 Å². The quantitative estimate of drug-likeness (QED) is 0.569. The number of carbonyl (C=O) groups excluding carboxylic acids is 1. The molecule has 4 rings (SSSR count). The highest BCUT2D eigenvalue weighted by Gasteiger charge is 2.25. The molecule has 1 fully saturated rings. The fourth-order valence-electron chi connectivity index (χ4n) is 5.15. The molecule has 2 aromatic rings. The van der Waals surface area contributed by atoms with E-state index in [-0.39, 0.29) is 18.4 Å². The van der Waals surface area contributed by atoms with Gasteiger partial charge < -0.3 is 14.8 Å². The van der Waals surface area contributed by atoms with Crippen LogP contribution >= 0.6 is 0 Å². The fraction of sp³-hybridized carbons (Fsp3) is 0.448. The lowest BCUT2D eigenvalue weighted by molar-refractivity contribution is -0.120. The molecular weight excluding hydrogens is 443 g/mol. The van der Waals surface area contributed by atoms with Crippen LogP contribution in [0.15, 0.2) is 47.0 Å². The van der Waals surface area contributed by atoms with Gasteiger partial charge in [0.25, 0.3) is 0 Å². The average Bonchev–Trinajstić information content (AvgIpc) is 2.99. The molecule has 0 bridgehead atoms. The topological polar surface area (TPSA) is 59.9 Å². The number of halogens is 1. The van der Waals surface area contributed by atoms with E-state index in [1.807, 2.05) is 19.1 Å². The van der Waals surface area contributed by atoms with Crippen LogP contribution in [0.2, 0.25) is 0 Å². The van der Waals surface area contributed by atoms with E-state index < -0.39 is 6.17 Å². The van der Waals surface area contributed by atoms with Crippen molar-refractivity contribution in [3.63, 3.8) is 0 Å². The Hall–Kier alpha value is -3.15. The van der Waals surface area contributed by atoms with E-state index in [2.05, 4.69) is 35.7 Å². The standard InChI is InChI=1S/C29H35FN2O3/c1-18-12-22-15-26(34-3)27(35-4)16-24(22)29(32-25(18)17-28(33)31-2)21-10-8-19(9-11-21)13-20-6-5-7-23(30)14-20/h8-12,15-16,20,23,25H,5-7,13-14,17H2,1-4H3,(H,31,33). The lowest BCUT2D eigenvalue weighted by Gasteiger charge is -2.24. The van der Waals surface area contributed by atoms with Gasteiger partial charge in [0.1, 0.15) is 6.17 Å². The predicted octanol–water partition coefficient (Wildman–Crippen LogP) is 5.53. The number of rotatable bonds is 7. The summed E-state index contributed by atoms with van der Waals surface area (Å²) >= 11 is 0. The van der Waals surface area contributed by atoms with E-state index in [9.17, 15) is 9.18 Å². The molecule has 2 aliphatic rings. The molecule has 1 saturated carbocycles. The van der Waals surface area contributed by atoms with E-state index in [1.165, 1.54) is 5.56 Å². The van der Waals surface area contributed by atoms with Crippen molar-refractivity contribution in [3.05, 3.63) is 64.2 Å². The van der Waals surface area contributed by atoms with Crippen LogP contribution < -0.4 is 14.8 Å². The van der Waals surface area contributed by atoms with Crippen molar-refractivity contribution in [3.8, 4) is 11.5 Å². The summed E-state index contributed by atoms with van der Waals surface area (Å²) in [4.78, 5) is 17.3. The Morgan fingerprint density at radius 3 is 2.49 bits per heavy atom. The summed E-state index contributed by atoms with van der Waals surface area (Å²) in [5.41, 5.74) is 5.91. The van der Waals surface area contributed by atoms with Crippen molar-refractivity contribution < 1.29 is 18.7 Å². The summed E-state index contributed by atoms with van der Waals surface area (Å²) < 4.78 is 25.0. The van der Waals surface area contributed by atoms with Crippen LogP contribution in [0.4, 0.5) is 4.39 Å². The smallest absolute Gasteiger partial charge is 0.222 e. The molecule has 1 aliphatic heterocycles. The van der Waals surface area contributed by atoms with Crippen LogP contribution in [0, 0.1) is 5.92 Å². The summed E-state index contributed by atoms with van der Waals surface area (Å²) in [6.07, 6.45) is 6.02. The summed E-state index contributed by atoms with van der Waals surface area (Å²) in [7, 11) is 4.88. The number of carbonyl (C=O) groups is 1. The molecule has 1 aliphatic carbocycles. The molecule has 0 saturated heterocycles. The first kappa shape index (κ1) is 25.0. The molecule has 1 heterocycles. The van der Waals surface area contributed by atoms with E-state index in [1.54, 1.807) is 21.3 Å². The zero-order valence-corrected chi connectivity index (χ0v) is 21.1. The molecule has 5 nitrogen and oxygen atoms in total. The molecule has 6 heteroatoms. The summed E-state index contributed by atoms with van der Waals surface area (Å²) in [6, 6.07) is 12.1. The van der Waals surface area contributed by atoms with Gasteiger partial charge in [-0.15, -0.1) is 0 Å². The van der Waals surface area contributed by atoms with E-state index in [0.717, 1.165) is 47.2 Å². The zero-order chi connectivity index (χ0) is 24.9. The fourth-order valence-corrected chi connectivity index (χ4v) is 5.15. The maximum Gasteiger partial charge on any atom is 0.222 e. The SMILES string of the molecule is CNC(=O)CC1N=C(c2ccc(CC3CCCC(F)C3)cc2)c2cc(OC)c(OC)cc2C=C1C. The Labute approximate surface area is 207 Å². The Morgan fingerprint density at radius 2 is 1.83 bits per heavy atom. The molecule has 1 amide bonds. The van der Waals surface area contributed by atoms with Crippen LogP contribution in [-0.4, -0.2) is 45.1 Å². The van der Waals surface area contributed by atoms with Crippen molar-refractivity contribution in [2.24, 2.45) is 10.9 Å². The molecule has 3 atom stereocenters. The van der Waals surface area contributed by atoms with Gasteiger partial charge in [0, 0.05) is 18.2 Å². The van der Waals surface area contributed by atoms with E-state index >= 15 is 0 Å². The minimum absolute atomic E-state index is 0.0547. The third kappa shape index (κ3) is 5.75. The number of alkyl halides is 1. The van der Waals surface area contributed by atoms with Gasteiger partial charge in [0.15, 0.2) is 11.5 Å². The second kappa shape index (κ2) is 11.1. The molecule has 3 unspecified atom stereocenters. The number of amides is 1. The number of hydrogen-bond donors (Lipinski definition) is 1. The van der Waals surface area contributed by atoms with Gasteiger partial charge in [-0.3, -0.25) is 9.79 Å². The number of benzene rings is 2. The highest BCUT2D eigenvalue weighted by atomic mass is 19.1. The Kier molecular flexibility index (Phi) is 7.89. The first-order chi connectivity index (χ1) is 16.9. The first-order valence-corrected chi connectivity index (χ1v) is 12.4. The maximum atomic E-state index is 13.9. The van der Waals surface area contributed by atoms with Crippen LogP contribution in [0.5, 0.6) is 11.5 Å². The first-order valence-electron chi connectivity index (χ1n) is 12.4. The largest absolute Gasteiger partial charge is 0.493 e. The van der Waals surface area contributed by atoms with Crippen molar-refractivity contribution in [1.82, 2.24) is 5.32 Å². The molecule has 35 heavy (non-hydrogen) atoms. The summed E-state index contributed by atoms with van der Waals surface area (Å²) in [5, 5.41) is 2.71. The number of nitrogens with zero attached hydrogens (tertiary/aromatic N) is 1. The lowest BCUT2D eigenvalue weighted by Crippen LogP contribution is -2.24. The average molecular weight is 479 g/mol. The van der Waals surface area contributed by atoms with E-state index in [0.29, 0.717) is 30.3 Å². The molecule has 0 spiro atoms. The second-order valence-corrected chi connectivity index (χ2v) is 9.58. The number of fused-ring (bicyclic) bond motifs is 1. The van der Waals surface area contributed by atoms with Crippen LogP contribution in [-0.2, 0) is 11.2 Å². The van der Waals surface area contributed by atoms with Gasteiger partial charge in [-0.05, 0) is 67.4 Å². The predicted molar refractivity (Wildman–Crippen MR) is 138 cm³/mol. The number of nitrogens with one attached hydrogen (secondary N) is 1. The maximum absolute atomic E-state index is 13.9. The minimum atomic E-state index is -0.662. The van der Waals surface area contributed by atoms with Gasteiger partial charge >= 0.3 is 0 Å². The number of aliphatic imine (C=N–C) groups is 1. The number of methoxy groups -OCH3 is 2. The Morgan fingerprint density at radius 1 is 1.11 bits per heavy atom.